The molecule has 0 aliphatic carbocycles. The molecule has 0 bridgehead atoms. The molecule has 8 nitrogen and oxygen atoms in total. The van der Waals surface area contributed by atoms with E-state index < -0.39 is 0 Å². The molecule has 0 aromatic heterocycles. The first-order valence-corrected chi connectivity index (χ1v) is 8.66. The summed E-state index contributed by atoms with van der Waals surface area (Å²) in [4.78, 5) is 29.1. The van der Waals surface area contributed by atoms with Gasteiger partial charge in [0.05, 0.1) is 18.1 Å². The van der Waals surface area contributed by atoms with Crippen LogP contribution >= 0.6 is 0 Å². The molecule has 0 spiro atoms. The summed E-state index contributed by atoms with van der Waals surface area (Å²) in [6, 6.07) is 6.96. The summed E-state index contributed by atoms with van der Waals surface area (Å²) in [5.74, 6) is 0. The topological polar surface area (TPSA) is 79.2 Å². The lowest BCUT2D eigenvalue weighted by atomic mass is 10.1. The Bertz CT molecular complexity index is 625. The van der Waals surface area contributed by atoms with Crippen molar-refractivity contribution in [2.45, 2.75) is 13.0 Å². The highest BCUT2D eigenvalue weighted by Gasteiger charge is 2.28. The van der Waals surface area contributed by atoms with Crippen LogP contribution in [0.4, 0.5) is 10.5 Å². The number of hydrogen-bond donors (Lipinski definition) is 0. The maximum atomic E-state index is 12.5. The number of carbonyl (C=O) groups excluding carboxylic acids is 1. The van der Waals surface area contributed by atoms with Gasteiger partial charge >= 0.3 is 6.03 Å². The fraction of sp³-hybridized carbons (Fsp3) is 0.588. The summed E-state index contributed by atoms with van der Waals surface area (Å²) in [6.07, 6.45) is 0. The summed E-state index contributed by atoms with van der Waals surface area (Å²) in [7, 11) is 0. The highest BCUT2D eigenvalue weighted by molar-refractivity contribution is 5.74. The molecular weight excluding hydrogens is 324 g/mol. The monoisotopic (exact) mass is 348 g/mol. The first kappa shape index (κ1) is 17.6. The minimum absolute atomic E-state index is 0.0838. The van der Waals surface area contributed by atoms with Crippen molar-refractivity contribution in [1.82, 2.24) is 14.7 Å². The molecule has 2 amide bonds. The van der Waals surface area contributed by atoms with Gasteiger partial charge in [-0.25, -0.2) is 4.79 Å². The normalized spacial score (nSPS) is 20.4. The lowest BCUT2D eigenvalue weighted by Crippen LogP contribution is -2.55. The number of benzene rings is 1. The Morgan fingerprint density at radius 1 is 1.12 bits per heavy atom. The predicted octanol–water partition coefficient (Wildman–Crippen LogP) is 1.73. The first-order valence-electron chi connectivity index (χ1n) is 8.66. The second kappa shape index (κ2) is 7.79. The largest absolute Gasteiger partial charge is 0.378 e. The van der Waals surface area contributed by atoms with Crippen LogP contribution in [0, 0.1) is 10.1 Å². The van der Waals surface area contributed by atoms with Crippen molar-refractivity contribution in [3.05, 3.63) is 39.9 Å². The quantitative estimate of drug-likeness (QED) is 0.614. The molecule has 0 radical (unpaired) electrons. The molecule has 3 rings (SSSR count). The van der Waals surface area contributed by atoms with Crippen LogP contribution in [0.1, 0.15) is 18.5 Å². The Kier molecular flexibility index (Phi) is 5.50. The fourth-order valence-corrected chi connectivity index (χ4v) is 3.36. The summed E-state index contributed by atoms with van der Waals surface area (Å²) < 4.78 is 5.29. The molecule has 2 heterocycles. The van der Waals surface area contributed by atoms with Crippen LogP contribution in [0.25, 0.3) is 0 Å². The number of hydrogen-bond acceptors (Lipinski definition) is 5. The third-order valence-corrected chi connectivity index (χ3v) is 4.98. The van der Waals surface area contributed by atoms with E-state index in [2.05, 4.69) is 11.8 Å². The first-order chi connectivity index (χ1) is 12.1. The van der Waals surface area contributed by atoms with Gasteiger partial charge in [0, 0.05) is 57.4 Å². The Morgan fingerprint density at radius 2 is 1.76 bits per heavy atom. The van der Waals surface area contributed by atoms with Crippen LogP contribution in [0.15, 0.2) is 24.3 Å². The highest BCUT2D eigenvalue weighted by Crippen LogP contribution is 2.25. The smallest absolute Gasteiger partial charge is 0.320 e. The molecule has 136 valence electrons. The number of rotatable bonds is 3. The Morgan fingerprint density at radius 3 is 2.40 bits per heavy atom. The molecule has 0 N–H and O–H groups in total. The van der Waals surface area contributed by atoms with Crippen LogP contribution in [0.5, 0.6) is 0 Å². The zero-order valence-electron chi connectivity index (χ0n) is 14.5. The van der Waals surface area contributed by atoms with Gasteiger partial charge in [-0.15, -0.1) is 0 Å². The van der Waals surface area contributed by atoms with Crippen LogP contribution < -0.4 is 0 Å². The molecule has 0 saturated carbocycles. The van der Waals surface area contributed by atoms with E-state index >= 15 is 0 Å². The summed E-state index contributed by atoms with van der Waals surface area (Å²) >= 11 is 0. The Hall–Kier alpha value is -2.19. The molecule has 1 atom stereocenters. The van der Waals surface area contributed by atoms with E-state index in [1.165, 1.54) is 6.07 Å². The number of non-ortho nitro benzene ring substituents is 1. The van der Waals surface area contributed by atoms with Crippen LogP contribution in [0.3, 0.4) is 0 Å². The minimum atomic E-state index is -0.366. The second-order valence-corrected chi connectivity index (χ2v) is 6.43. The molecule has 1 aromatic carbocycles. The van der Waals surface area contributed by atoms with Crippen molar-refractivity contribution < 1.29 is 14.5 Å². The van der Waals surface area contributed by atoms with E-state index in [4.69, 9.17) is 4.74 Å². The number of ether oxygens (including phenoxy) is 1. The molecule has 25 heavy (non-hydrogen) atoms. The summed E-state index contributed by atoms with van der Waals surface area (Å²) in [5, 5.41) is 11.0. The Labute approximate surface area is 147 Å². The lowest BCUT2D eigenvalue weighted by Gasteiger charge is -2.40. The SMILES string of the molecule is CC(c1cccc([N+](=O)[O-])c1)N1CCN(C(=O)N2CCOCC2)CC1. The Balaban J connectivity index is 1.57. The number of nitro groups is 1. The van der Waals surface area contributed by atoms with Gasteiger partial charge in [-0.05, 0) is 12.5 Å². The van der Waals surface area contributed by atoms with E-state index in [1.54, 1.807) is 12.1 Å². The van der Waals surface area contributed by atoms with Crippen molar-refractivity contribution in [2.75, 3.05) is 52.5 Å². The second-order valence-electron chi connectivity index (χ2n) is 6.43. The molecule has 1 aromatic rings. The van der Waals surface area contributed by atoms with Gasteiger partial charge in [0.25, 0.3) is 5.69 Å². The maximum absolute atomic E-state index is 12.5. The number of morpholine rings is 1. The zero-order valence-corrected chi connectivity index (χ0v) is 14.5. The van der Waals surface area contributed by atoms with Gasteiger partial charge in [0.1, 0.15) is 0 Å². The molecular formula is C17H24N4O4. The number of piperazine rings is 1. The summed E-state index contributed by atoms with van der Waals surface area (Å²) in [6.45, 7) is 7.46. The molecule has 2 aliphatic heterocycles. The van der Waals surface area contributed by atoms with Crippen molar-refractivity contribution in [1.29, 1.82) is 0 Å². The minimum Gasteiger partial charge on any atom is -0.378 e. The van der Waals surface area contributed by atoms with Crippen molar-refractivity contribution >= 4 is 11.7 Å². The number of carbonyl (C=O) groups is 1. The van der Waals surface area contributed by atoms with E-state index in [0.717, 1.165) is 18.7 Å². The third kappa shape index (κ3) is 4.08. The molecule has 2 aliphatic rings. The predicted molar refractivity (Wildman–Crippen MR) is 92.4 cm³/mol. The molecule has 2 fully saturated rings. The third-order valence-electron chi connectivity index (χ3n) is 4.98. The number of amides is 2. The van der Waals surface area contributed by atoms with Gasteiger partial charge in [-0.3, -0.25) is 15.0 Å². The van der Waals surface area contributed by atoms with Crippen LogP contribution in [0.2, 0.25) is 0 Å². The van der Waals surface area contributed by atoms with E-state index in [-0.39, 0.29) is 22.7 Å². The average Bonchev–Trinajstić information content (AvgIpc) is 2.67. The maximum Gasteiger partial charge on any atom is 0.320 e. The van der Waals surface area contributed by atoms with Crippen LogP contribution in [-0.2, 0) is 4.74 Å². The van der Waals surface area contributed by atoms with Gasteiger partial charge in [0.2, 0.25) is 0 Å². The molecule has 2 saturated heterocycles. The van der Waals surface area contributed by atoms with Crippen molar-refractivity contribution in [2.24, 2.45) is 0 Å². The fourth-order valence-electron chi connectivity index (χ4n) is 3.36. The number of urea groups is 1. The van der Waals surface area contributed by atoms with Gasteiger partial charge in [-0.2, -0.15) is 0 Å². The average molecular weight is 348 g/mol. The van der Waals surface area contributed by atoms with E-state index in [1.807, 2.05) is 15.9 Å². The van der Waals surface area contributed by atoms with E-state index in [9.17, 15) is 14.9 Å². The number of nitro benzene ring substituents is 1. The standard InChI is InChI=1S/C17H24N4O4/c1-14(15-3-2-4-16(13-15)21(23)24)18-5-7-19(8-6-18)17(22)20-9-11-25-12-10-20/h2-4,13-14H,5-12H2,1H3. The van der Waals surface area contributed by atoms with E-state index in [0.29, 0.717) is 39.4 Å². The van der Waals surface area contributed by atoms with Crippen LogP contribution in [-0.4, -0.2) is 78.1 Å². The number of nitrogens with zero attached hydrogens (tertiary/aromatic N) is 4. The van der Waals surface area contributed by atoms with Crippen molar-refractivity contribution in [3.63, 3.8) is 0 Å². The van der Waals surface area contributed by atoms with Gasteiger partial charge < -0.3 is 14.5 Å². The molecule has 1 unspecified atom stereocenters. The molecule has 8 heteroatoms. The highest BCUT2D eigenvalue weighted by atomic mass is 16.6. The zero-order chi connectivity index (χ0) is 17.8. The lowest BCUT2D eigenvalue weighted by molar-refractivity contribution is -0.385. The van der Waals surface area contributed by atoms with Crippen molar-refractivity contribution in [3.8, 4) is 0 Å². The van der Waals surface area contributed by atoms with Gasteiger partial charge in [0.15, 0.2) is 0 Å². The van der Waals surface area contributed by atoms with Gasteiger partial charge in [-0.1, -0.05) is 12.1 Å². The summed E-state index contributed by atoms with van der Waals surface area (Å²) in [5.41, 5.74) is 1.05.